The fourth-order valence-corrected chi connectivity index (χ4v) is 4.43. The van der Waals surface area contributed by atoms with Crippen LogP contribution in [0.1, 0.15) is 5.56 Å². The third kappa shape index (κ3) is 4.13. The minimum absolute atomic E-state index is 0.112. The van der Waals surface area contributed by atoms with Crippen LogP contribution in [-0.4, -0.2) is 47.9 Å². The molecular formula is C21H20ClN3O2S. The molecule has 2 heterocycles. The van der Waals surface area contributed by atoms with E-state index in [9.17, 15) is 9.59 Å². The second kappa shape index (κ2) is 8.20. The second-order valence-electron chi connectivity index (χ2n) is 6.74. The maximum atomic E-state index is 12.7. The number of nitrogens with zero attached hydrogens (tertiary/aromatic N) is 2. The SMILES string of the molecule is O=C(Cc1csc2ccccc12)N1CCN(C(=O)Nc2ccc(Cl)cc2)CC1. The number of anilines is 1. The summed E-state index contributed by atoms with van der Waals surface area (Å²) in [4.78, 5) is 28.7. The Kier molecular flexibility index (Phi) is 5.50. The third-order valence-electron chi connectivity index (χ3n) is 4.92. The minimum Gasteiger partial charge on any atom is -0.339 e. The Morgan fingerprint density at radius 1 is 0.964 bits per heavy atom. The number of nitrogens with one attached hydrogen (secondary N) is 1. The number of halogens is 1. The van der Waals surface area contributed by atoms with Crippen molar-refractivity contribution in [2.45, 2.75) is 6.42 Å². The van der Waals surface area contributed by atoms with Crippen LogP contribution >= 0.6 is 22.9 Å². The number of carbonyl (C=O) groups is 2. The highest BCUT2D eigenvalue weighted by molar-refractivity contribution is 7.17. The average Bonchev–Trinajstić information content (AvgIpc) is 3.13. The minimum atomic E-state index is -0.154. The van der Waals surface area contributed by atoms with Gasteiger partial charge in [-0.15, -0.1) is 11.3 Å². The van der Waals surface area contributed by atoms with Gasteiger partial charge < -0.3 is 15.1 Å². The van der Waals surface area contributed by atoms with Gasteiger partial charge in [0.2, 0.25) is 5.91 Å². The summed E-state index contributed by atoms with van der Waals surface area (Å²) in [6.45, 7) is 2.15. The number of benzene rings is 2. The first-order valence-electron chi connectivity index (χ1n) is 9.14. The fraction of sp³-hybridized carbons (Fsp3) is 0.238. The van der Waals surface area contributed by atoms with Crippen molar-refractivity contribution in [3.63, 3.8) is 0 Å². The van der Waals surface area contributed by atoms with Gasteiger partial charge >= 0.3 is 6.03 Å². The highest BCUT2D eigenvalue weighted by atomic mass is 35.5. The van der Waals surface area contributed by atoms with Crippen molar-refractivity contribution in [1.29, 1.82) is 0 Å². The predicted octanol–water partition coefficient (Wildman–Crippen LogP) is 4.47. The number of hydrogen-bond donors (Lipinski definition) is 1. The van der Waals surface area contributed by atoms with Crippen molar-refractivity contribution in [3.05, 3.63) is 64.5 Å². The van der Waals surface area contributed by atoms with Crippen molar-refractivity contribution >= 4 is 50.6 Å². The van der Waals surface area contributed by atoms with E-state index in [0.29, 0.717) is 43.3 Å². The number of amides is 3. The molecule has 1 fully saturated rings. The second-order valence-corrected chi connectivity index (χ2v) is 8.09. The smallest absolute Gasteiger partial charge is 0.321 e. The lowest BCUT2D eigenvalue weighted by Gasteiger charge is -2.34. The van der Waals surface area contributed by atoms with Crippen molar-refractivity contribution in [1.82, 2.24) is 9.80 Å². The summed E-state index contributed by atoms with van der Waals surface area (Å²) < 4.78 is 1.20. The van der Waals surface area contributed by atoms with Gasteiger partial charge in [-0.1, -0.05) is 29.8 Å². The average molecular weight is 414 g/mol. The van der Waals surface area contributed by atoms with Gasteiger partial charge in [-0.3, -0.25) is 4.79 Å². The number of hydrogen-bond acceptors (Lipinski definition) is 3. The fourth-order valence-electron chi connectivity index (χ4n) is 3.34. The van der Waals surface area contributed by atoms with Crippen LogP contribution in [0.3, 0.4) is 0 Å². The van der Waals surface area contributed by atoms with Crippen LogP contribution in [0.25, 0.3) is 10.1 Å². The van der Waals surface area contributed by atoms with E-state index in [2.05, 4.69) is 22.8 Å². The van der Waals surface area contributed by atoms with Crippen molar-refractivity contribution in [2.24, 2.45) is 0 Å². The Morgan fingerprint density at radius 2 is 1.64 bits per heavy atom. The van der Waals surface area contributed by atoms with Gasteiger partial charge in [0.15, 0.2) is 0 Å². The zero-order valence-corrected chi connectivity index (χ0v) is 16.8. The Hall–Kier alpha value is -2.57. The predicted molar refractivity (Wildman–Crippen MR) is 114 cm³/mol. The molecule has 0 unspecified atom stereocenters. The molecular weight excluding hydrogens is 394 g/mol. The number of rotatable bonds is 3. The number of carbonyl (C=O) groups excluding carboxylic acids is 2. The van der Waals surface area contributed by atoms with Gasteiger partial charge in [-0.05, 0) is 46.7 Å². The van der Waals surface area contributed by atoms with Crippen LogP contribution in [-0.2, 0) is 11.2 Å². The lowest BCUT2D eigenvalue weighted by Crippen LogP contribution is -2.52. The molecule has 1 aliphatic heterocycles. The van der Waals surface area contributed by atoms with Crippen LogP contribution in [0.4, 0.5) is 10.5 Å². The van der Waals surface area contributed by atoms with E-state index in [4.69, 9.17) is 11.6 Å². The molecule has 1 aliphatic rings. The molecule has 7 heteroatoms. The molecule has 28 heavy (non-hydrogen) atoms. The Labute approximate surface area is 172 Å². The number of fused-ring (bicyclic) bond motifs is 1. The Bertz CT molecular complexity index is 994. The molecule has 0 aliphatic carbocycles. The van der Waals surface area contributed by atoms with Gasteiger partial charge in [-0.2, -0.15) is 0 Å². The van der Waals surface area contributed by atoms with E-state index in [1.165, 1.54) is 4.70 Å². The van der Waals surface area contributed by atoms with Crippen LogP contribution < -0.4 is 5.32 Å². The number of piperazine rings is 1. The van der Waals surface area contributed by atoms with Gasteiger partial charge in [0, 0.05) is 41.6 Å². The van der Waals surface area contributed by atoms with Gasteiger partial charge in [0.1, 0.15) is 0 Å². The molecule has 1 saturated heterocycles. The van der Waals surface area contributed by atoms with Crippen LogP contribution in [0.2, 0.25) is 5.02 Å². The number of thiophene rings is 1. The van der Waals surface area contributed by atoms with E-state index in [0.717, 1.165) is 10.9 Å². The third-order valence-corrected chi connectivity index (χ3v) is 6.18. The molecule has 1 N–H and O–H groups in total. The summed E-state index contributed by atoms with van der Waals surface area (Å²) in [5.74, 6) is 0.112. The largest absolute Gasteiger partial charge is 0.339 e. The zero-order valence-electron chi connectivity index (χ0n) is 15.2. The highest BCUT2D eigenvalue weighted by Crippen LogP contribution is 2.26. The zero-order chi connectivity index (χ0) is 19.5. The first-order chi connectivity index (χ1) is 13.6. The van der Waals surface area contributed by atoms with Crippen molar-refractivity contribution in [2.75, 3.05) is 31.5 Å². The molecule has 3 amide bonds. The van der Waals surface area contributed by atoms with Crippen molar-refractivity contribution in [3.8, 4) is 0 Å². The summed E-state index contributed by atoms with van der Waals surface area (Å²) in [5, 5.41) is 6.72. The summed E-state index contributed by atoms with van der Waals surface area (Å²) in [7, 11) is 0. The molecule has 144 valence electrons. The first kappa shape index (κ1) is 18.8. The van der Waals surface area contributed by atoms with E-state index < -0.39 is 0 Å². The highest BCUT2D eigenvalue weighted by Gasteiger charge is 2.24. The molecule has 0 bridgehead atoms. The Balaban J connectivity index is 1.31. The molecule has 4 rings (SSSR count). The maximum absolute atomic E-state index is 12.7. The number of urea groups is 1. The van der Waals surface area contributed by atoms with Crippen molar-refractivity contribution < 1.29 is 9.59 Å². The molecule has 1 aromatic heterocycles. The maximum Gasteiger partial charge on any atom is 0.321 e. The lowest BCUT2D eigenvalue weighted by molar-refractivity contribution is -0.131. The van der Waals surface area contributed by atoms with Crippen LogP contribution in [0.5, 0.6) is 0 Å². The quantitative estimate of drug-likeness (QED) is 0.688. The summed E-state index contributed by atoms with van der Waals surface area (Å²) in [6.07, 6.45) is 0.404. The van der Waals surface area contributed by atoms with Gasteiger partial charge in [0.05, 0.1) is 6.42 Å². The molecule has 3 aromatic rings. The van der Waals surface area contributed by atoms with E-state index in [1.807, 2.05) is 17.0 Å². The van der Waals surface area contributed by atoms with Gasteiger partial charge in [-0.25, -0.2) is 4.79 Å². The molecule has 5 nitrogen and oxygen atoms in total. The molecule has 0 saturated carbocycles. The summed E-state index contributed by atoms with van der Waals surface area (Å²) in [5.41, 5.74) is 1.78. The molecule has 0 atom stereocenters. The standard InChI is InChI=1S/C21H20ClN3O2S/c22-16-5-7-17(8-6-16)23-21(27)25-11-9-24(10-12-25)20(26)13-15-14-28-19-4-2-1-3-18(15)19/h1-8,14H,9-13H2,(H,23,27). The summed E-state index contributed by atoms with van der Waals surface area (Å²) >= 11 is 7.53. The molecule has 2 aromatic carbocycles. The van der Waals surface area contributed by atoms with Crippen LogP contribution in [0.15, 0.2) is 53.9 Å². The normalized spacial score (nSPS) is 14.3. The van der Waals surface area contributed by atoms with E-state index >= 15 is 0 Å². The van der Waals surface area contributed by atoms with E-state index in [-0.39, 0.29) is 11.9 Å². The first-order valence-corrected chi connectivity index (χ1v) is 10.4. The molecule has 0 radical (unpaired) electrons. The van der Waals surface area contributed by atoms with Crippen LogP contribution in [0, 0.1) is 0 Å². The van der Waals surface area contributed by atoms with Gasteiger partial charge in [0.25, 0.3) is 0 Å². The van der Waals surface area contributed by atoms with E-state index in [1.54, 1.807) is 40.5 Å². The lowest BCUT2D eigenvalue weighted by atomic mass is 10.1. The topological polar surface area (TPSA) is 52.7 Å². The Morgan fingerprint density at radius 3 is 2.39 bits per heavy atom. The molecule has 0 spiro atoms. The monoisotopic (exact) mass is 413 g/mol. The summed E-state index contributed by atoms with van der Waals surface area (Å²) in [6, 6.07) is 15.0.